The van der Waals surface area contributed by atoms with E-state index in [2.05, 4.69) is 62.4 Å². The third kappa shape index (κ3) is 4.75. The Morgan fingerprint density at radius 2 is 1.38 bits per heavy atom. The van der Waals surface area contributed by atoms with Gasteiger partial charge in [0.05, 0.1) is 13.2 Å². The molecular weight excluding hydrogens is 356 g/mol. The van der Waals surface area contributed by atoms with Gasteiger partial charge in [-0.05, 0) is 61.1 Å². The molecule has 2 nitrogen and oxygen atoms in total. The quantitative estimate of drug-likeness (QED) is 0.532. The van der Waals surface area contributed by atoms with E-state index in [0.29, 0.717) is 5.92 Å². The lowest BCUT2D eigenvalue weighted by molar-refractivity contribution is -0.279. The largest absolute Gasteiger partial charge is 0.346 e. The number of hydrogen-bond donors (Lipinski definition) is 0. The molecule has 2 fully saturated rings. The second-order valence-electron chi connectivity index (χ2n) is 9.38. The minimum Gasteiger partial charge on any atom is -0.346 e. The molecule has 0 N–H and O–H groups in total. The van der Waals surface area contributed by atoms with E-state index < -0.39 is 5.79 Å². The molecule has 2 aromatic rings. The van der Waals surface area contributed by atoms with Gasteiger partial charge < -0.3 is 9.47 Å². The van der Waals surface area contributed by atoms with Crippen molar-refractivity contribution in [2.45, 2.75) is 71.0 Å². The summed E-state index contributed by atoms with van der Waals surface area (Å²) in [4.78, 5) is 0. The first-order valence-electron chi connectivity index (χ1n) is 11.6. The summed E-state index contributed by atoms with van der Waals surface area (Å²) in [5.74, 6) is 1.56. The molecule has 1 heterocycles. The Morgan fingerprint density at radius 3 is 1.93 bits per heavy atom. The first-order valence-corrected chi connectivity index (χ1v) is 11.6. The molecule has 156 valence electrons. The fourth-order valence-corrected chi connectivity index (χ4v) is 4.96. The van der Waals surface area contributed by atoms with Crippen molar-refractivity contribution in [1.29, 1.82) is 0 Å². The molecule has 1 saturated heterocycles. The van der Waals surface area contributed by atoms with Gasteiger partial charge in [0.15, 0.2) is 5.79 Å². The van der Waals surface area contributed by atoms with Crippen molar-refractivity contribution >= 4 is 0 Å². The van der Waals surface area contributed by atoms with Crippen LogP contribution in [0.1, 0.15) is 76.3 Å². The van der Waals surface area contributed by atoms with E-state index >= 15 is 0 Å². The molecule has 29 heavy (non-hydrogen) atoms. The number of hydrogen-bond acceptors (Lipinski definition) is 2. The highest BCUT2D eigenvalue weighted by Gasteiger charge is 2.33. The van der Waals surface area contributed by atoms with Gasteiger partial charge in [0.1, 0.15) is 0 Å². The van der Waals surface area contributed by atoms with E-state index in [1.54, 1.807) is 0 Å². The summed E-state index contributed by atoms with van der Waals surface area (Å²) < 4.78 is 12.0. The maximum Gasteiger partial charge on any atom is 0.191 e. The van der Waals surface area contributed by atoms with Crippen LogP contribution in [0.15, 0.2) is 48.5 Å². The molecule has 0 amide bonds. The molecular formula is C27H36O2. The van der Waals surface area contributed by atoms with Crippen molar-refractivity contribution in [3.8, 4) is 11.1 Å². The van der Waals surface area contributed by atoms with Crippen LogP contribution < -0.4 is 0 Å². The smallest absolute Gasteiger partial charge is 0.191 e. The Hall–Kier alpha value is -1.64. The first kappa shape index (κ1) is 20.6. The number of ether oxygens (including phenoxy) is 2. The predicted molar refractivity (Wildman–Crippen MR) is 120 cm³/mol. The van der Waals surface area contributed by atoms with Gasteiger partial charge in [0.25, 0.3) is 0 Å². The molecule has 0 radical (unpaired) electrons. The fraction of sp³-hybridized carbons (Fsp3) is 0.556. The third-order valence-electron chi connectivity index (χ3n) is 6.95. The molecule has 4 rings (SSSR count). The summed E-state index contributed by atoms with van der Waals surface area (Å²) in [5, 5.41) is 0. The molecule has 1 aliphatic heterocycles. The number of rotatable bonds is 5. The van der Waals surface area contributed by atoms with E-state index in [-0.39, 0.29) is 0 Å². The van der Waals surface area contributed by atoms with E-state index in [4.69, 9.17) is 9.47 Å². The van der Waals surface area contributed by atoms with Crippen LogP contribution in [-0.2, 0) is 15.3 Å². The number of benzene rings is 2. The van der Waals surface area contributed by atoms with Gasteiger partial charge in [0, 0.05) is 11.5 Å². The summed E-state index contributed by atoms with van der Waals surface area (Å²) in [7, 11) is 0. The molecule has 0 unspecified atom stereocenters. The zero-order valence-corrected chi connectivity index (χ0v) is 18.3. The fourth-order valence-electron chi connectivity index (χ4n) is 4.96. The maximum absolute atomic E-state index is 5.99. The Kier molecular flexibility index (Phi) is 6.41. The van der Waals surface area contributed by atoms with Crippen LogP contribution in [0, 0.1) is 11.8 Å². The van der Waals surface area contributed by atoms with Gasteiger partial charge in [-0.2, -0.15) is 0 Å². The molecule has 1 aliphatic carbocycles. The lowest BCUT2D eigenvalue weighted by Gasteiger charge is -2.37. The van der Waals surface area contributed by atoms with Crippen molar-refractivity contribution in [2.24, 2.45) is 11.8 Å². The Balaban J connectivity index is 1.40. The van der Waals surface area contributed by atoms with Crippen LogP contribution in [0.4, 0.5) is 0 Å². The molecule has 2 aliphatic rings. The minimum atomic E-state index is -0.620. The summed E-state index contributed by atoms with van der Waals surface area (Å²) >= 11 is 0. The van der Waals surface area contributed by atoms with Gasteiger partial charge in [0.2, 0.25) is 0 Å². The molecule has 0 aromatic heterocycles. The summed E-state index contributed by atoms with van der Waals surface area (Å²) in [6.45, 7) is 7.99. The van der Waals surface area contributed by atoms with Gasteiger partial charge in [-0.3, -0.25) is 0 Å². The lowest BCUT2D eigenvalue weighted by Crippen LogP contribution is -2.38. The van der Waals surface area contributed by atoms with Gasteiger partial charge in [-0.1, -0.05) is 75.2 Å². The zero-order chi connectivity index (χ0) is 20.3. The molecule has 1 saturated carbocycles. The van der Waals surface area contributed by atoms with Crippen molar-refractivity contribution in [3.63, 3.8) is 0 Å². The highest BCUT2D eigenvalue weighted by Crippen LogP contribution is 2.38. The first-order chi connectivity index (χ1) is 14.1. The Morgan fingerprint density at radius 1 is 0.828 bits per heavy atom. The van der Waals surface area contributed by atoms with Gasteiger partial charge in [-0.15, -0.1) is 0 Å². The van der Waals surface area contributed by atoms with Crippen LogP contribution in [-0.4, -0.2) is 13.2 Å². The summed E-state index contributed by atoms with van der Waals surface area (Å²) in [6.07, 6.45) is 8.27. The van der Waals surface area contributed by atoms with Crippen LogP contribution in [0.5, 0.6) is 0 Å². The predicted octanol–water partition coefficient (Wildman–Crippen LogP) is 7.28. The van der Waals surface area contributed by atoms with E-state index in [1.165, 1.54) is 55.2 Å². The van der Waals surface area contributed by atoms with Crippen molar-refractivity contribution in [2.75, 3.05) is 13.2 Å². The second kappa shape index (κ2) is 9.02. The second-order valence-corrected chi connectivity index (χ2v) is 9.38. The Bertz CT molecular complexity index is 761. The average molecular weight is 393 g/mol. The minimum absolute atomic E-state index is 0.461. The topological polar surface area (TPSA) is 18.5 Å². The Labute approximate surface area is 176 Å². The van der Waals surface area contributed by atoms with Crippen molar-refractivity contribution in [3.05, 3.63) is 59.7 Å². The molecule has 0 bridgehead atoms. The van der Waals surface area contributed by atoms with Crippen LogP contribution in [0.2, 0.25) is 0 Å². The SMILES string of the molecule is CCCC1CCC(c2ccc(-c3ccc(C4(C)OCC(C)CO4)cc3)cc2)CC1. The van der Waals surface area contributed by atoms with Crippen molar-refractivity contribution in [1.82, 2.24) is 0 Å². The molecule has 0 spiro atoms. The monoisotopic (exact) mass is 392 g/mol. The normalized spacial score (nSPS) is 30.2. The maximum atomic E-state index is 5.99. The summed E-state index contributed by atoms with van der Waals surface area (Å²) in [6, 6.07) is 18.0. The standard InChI is InChI=1S/C27H36O2/c1-4-5-21-6-8-22(9-7-21)23-10-12-24(13-11-23)25-14-16-26(17-15-25)27(3)28-18-20(2)19-29-27/h10-17,20-22H,4-9,18-19H2,1-3H3. The summed E-state index contributed by atoms with van der Waals surface area (Å²) in [5.41, 5.74) is 5.14. The lowest BCUT2D eigenvalue weighted by atomic mass is 9.77. The van der Waals surface area contributed by atoms with Crippen LogP contribution in [0.25, 0.3) is 11.1 Å². The van der Waals surface area contributed by atoms with Crippen LogP contribution >= 0.6 is 0 Å². The van der Waals surface area contributed by atoms with Crippen molar-refractivity contribution < 1.29 is 9.47 Å². The highest BCUT2D eigenvalue weighted by atomic mass is 16.7. The van der Waals surface area contributed by atoms with E-state index in [1.807, 2.05) is 6.92 Å². The molecule has 2 aromatic carbocycles. The zero-order valence-electron chi connectivity index (χ0n) is 18.3. The van der Waals surface area contributed by atoms with Crippen LogP contribution in [0.3, 0.4) is 0 Å². The van der Waals surface area contributed by atoms with Gasteiger partial charge >= 0.3 is 0 Å². The molecule has 0 atom stereocenters. The van der Waals surface area contributed by atoms with E-state index in [0.717, 1.165) is 30.6 Å². The molecule has 2 heteroatoms. The highest BCUT2D eigenvalue weighted by molar-refractivity contribution is 5.64. The van der Waals surface area contributed by atoms with Gasteiger partial charge in [-0.25, -0.2) is 0 Å². The van der Waals surface area contributed by atoms with E-state index in [9.17, 15) is 0 Å². The third-order valence-corrected chi connectivity index (χ3v) is 6.95. The average Bonchev–Trinajstić information content (AvgIpc) is 2.77.